The fourth-order valence-corrected chi connectivity index (χ4v) is 3.03. The van der Waals surface area contributed by atoms with Gasteiger partial charge in [0.1, 0.15) is 0 Å². The van der Waals surface area contributed by atoms with Crippen LogP contribution in [0.5, 0.6) is 0 Å². The summed E-state index contributed by atoms with van der Waals surface area (Å²) < 4.78 is 0. The first-order valence-corrected chi connectivity index (χ1v) is 9.19. The maximum atomic E-state index is 3.80. The van der Waals surface area contributed by atoms with Crippen LogP contribution in [0.25, 0.3) is 0 Å². The topological polar surface area (TPSA) is 12.0 Å². The first-order chi connectivity index (χ1) is 11.4. The summed E-state index contributed by atoms with van der Waals surface area (Å²) in [6.07, 6.45) is 8.73. The lowest BCUT2D eigenvalue weighted by Crippen LogP contribution is -2.30. The van der Waals surface area contributed by atoms with E-state index >= 15 is 0 Å². The molecule has 2 aromatic rings. The van der Waals surface area contributed by atoms with Gasteiger partial charge in [-0.2, -0.15) is 0 Å². The second kappa shape index (κ2) is 11.0. The van der Waals surface area contributed by atoms with E-state index in [1.54, 1.807) is 0 Å². The summed E-state index contributed by atoms with van der Waals surface area (Å²) in [5.41, 5.74) is 2.91. The van der Waals surface area contributed by atoms with Gasteiger partial charge >= 0.3 is 0 Å². The fourth-order valence-electron chi connectivity index (χ4n) is 3.03. The van der Waals surface area contributed by atoms with Crippen molar-refractivity contribution in [1.82, 2.24) is 5.32 Å². The van der Waals surface area contributed by atoms with Crippen LogP contribution in [0.2, 0.25) is 0 Å². The van der Waals surface area contributed by atoms with E-state index in [0.29, 0.717) is 6.04 Å². The van der Waals surface area contributed by atoms with Crippen molar-refractivity contribution < 1.29 is 0 Å². The van der Waals surface area contributed by atoms with Gasteiger partial charge in [0.2, 0.25) is 0 Å². The van der Waals surface area contributed by atoms with E-state index in [4.69, 9.17) is 0 Å². The van der Waals surface area contributed by atoms with Gasteiger partial charge in [-0.1, -0.05) is 80.4 Å². The standard InChI is InChI=1S/C22H31N/c1-2-3-16-22(18-17-21-13-8-5-9-14-21)23-19-10-15-20-11-6-4-7-12-20/h4-9,11-14,22-23H,2-3,10,15-19H2,1H3. The first-order valence-electron chi connectivity index (χ1n) is 9.19. The second-order valence-corrected chi connectivity index (χ2v) is 6.41. The molecule has 0 heterocycles. The molecule has 0 spiro atoms. The maximum absolute atomic E-state index is 3.80. The molecule has 124 valence electrons. The molecule has 2 aromatic carbocycles. The summed E-state index contributed by atoms with van der Waals surface area (Å²) in [5.74, 6) is 0. The van der Waals surface area contributed by atoms with Crippen molar-refractivity contribution in [3.8, 4) is 0 Å². The second-order valence-electron chi connectivity index (χ2n) is 6.41. The number of rotatable bonds is 11. The van der Waals surface area contributed by atoms with Crippen molar-refractivity contribution in [2.75, 3.05) is 6.54 Å². The normalized spacial score (nSPS) is 12.2. The van der Waals surface area contributed by atoms with Crippen LogP contribution < -0.4 is 5.32 Å². The van der Waals surface area contributed by atoms with Crippen LogP contribution in [0.4, 0.5) is 0 Å². The van der Waals surface area contributed by atoms with Gasteiger partial charge in [0.25, 0.3) is 0 Å². The molecule has 0 aromatic heterocycles. The number of aryl methyl sites for hydroxylation is 2. The molecule has 1 atom stereocenters. The minimum atomic E-state index is 0.658. The molecule has 0 aliphatic rings. The third kappa shape index (κ3) is 7.47. The molecule has 23 heavy (non-hydrogen) atoms. The summed E-state index contributed by atoms with van der Waals surface area (Å²) in [4.78, 5) is 0. The Balaban J connectivity index is 1.70. The molecular formula is C22H31N. The van der Waals surface area contributed by atoms with Crippen molar-refractivity contribution in [1.29, 1.82) is 0 Å². The Morgan fingerprint density at radius 1 is 0.739 bits per heavy atom. The average molecular weight is 309 g/mol. The molecule has 0 bridgehead atoms. The quantitative estimate of drug-likeness (QED) is 0.548. The lowest BCUT2D eigenvalue weighted by molar-refractivity contribution is 0.436. The summed E-state index contributed by atoms with van der Waals surface area (Å²) >= 11 is 0. The molecule has 1 heteroatoms. The van der Waals surface area contributed by atoms with Gasteiger partial charge in [-0.05, 0) is 49.8 Å². The van der Waals surface area contributed by atoms with Crippen LogP contribution in [-0.4, -0.2) is 12.6 Å². The zero-order valence-electron chi connectivity index (χ0n) is 14.5. The van der Waals surface area contributed by atoms with E-state index < -0.39 is 0 Å². The minimum Gasteiger partial charge on any atom is -0.314 e. The molecular weight excluding hydrogens is 278 g/mol. The van der Waals surface area contributed by atoms with Crippen molar-refractivity contribution in [2.24, 2.45) is 0 Å². The van der Waals surface area contributed by atoms with Gasteiger partial charge in [0.15, 0.2) is 0 Å². The van der Waals surface area contributed by atoms with Gasteiger partial charge in [-0.15, -0.1) is 0 Å². The molecule has 0 aliphatic heterocycles. The Kier molecular flexibility index (Phi) is 8.50. The lowest BCUT2D eigenvalue weighted by atomic mass is 10.0. The Hall–Kier alpha value is -1.60. The highest BCUT2D eigenvalue weighted by atomic mass is 14.9. The molecule has 2 rings (SSSR count). The minimum absolute atomic E-state index is 0.658. The summed E-state index contributed by atoms with van der Waals surface area (Å²) in [6, 6.07) is 22.3. The average Bonchev–Trinajstić information content (AvgIpc) is 2.62. The highest BCUT2D eigenvalue weighted by Crippen LogP contribution is 2.10. The zero-order valence-corrected chi connectivity index (χ0v) is 14.5. The number of nitrogens with one attached hydrogen (secondary N) is 1. The monoisotopic (exact) mass is 309 g/mol. The largest absolute Gasteiger partial charge is 0.314 e. The van der Waals surface area contributed by atoms with Gasteiger partial charge in [0, 0.05) is 6.04 Å². The van der Waals surface area contributed by atoms with E-state index in [2.05, 4.69) is 72.9 Å². The summed E-state index contributed by atoms with van der Waals surface area (Å²) in [5, 5.41) is 3.80. The fraction of sp³-hybridized carbons (Fsp3) is 0.455. The van der Waals surface area contributed by atoms with Crippen molar-refractivity contribution in [3.05, 3.63) is 71.8 Å². The molecule has 0 amide bonds. The molecule has 0 saturated carbocycles. The molecule has 0 aliphatic carbocycles. The third-order valence-corrected chi connectivity index (χ3v) is 4.45. The number of hydrogen-bond acceptors (Lipinski definition) is 1. The van der Waals surface area contributed by atoms with Crippen LogP contribution in [0.1, 0.15) is 50.2 Å². The summed E-state index contributed by atoms with van der Waals surface area (Å²) in [7, 11) is 0. The highest BCUT2D eigenvalue weighted by molar-refractivity contribution is 5.15. The van der Waals surface area contributed by atoms with Gasteiger partial charge < -0.3 is 5.32 Å². The predicted molar refractivity (Wildman–Crippen MR) is 101 cm³/mol. The van der Waals surface area contributed by atoms with Crippen LogP contribution in [0, 0.1) is 0 Å². The van der Waals surface area contributed by atoms with Crippen LogP contribution in [0.15, 0.2) is 60.7 Å². The van der Waals surface area contributed by atoms with Crippen molar-refractivity contribution in [2.45, 2.75) is 57.9 Å². The van der Waals surface area contributed by atoms with Crippen molar-refractivity contribution in [3.63, 3.8) is 0 Å². The van der Waals surface area contributed by atoms with Crippen molar-refractivity contribution >= 4 is 0 Å². The number of hydrogen-bond donors (Lipinski definition) is 1. The Morgan fingerprint density at radius 3 is 1.96 bits per heavy atom. The number of unbranched alkanes of at least 4 members (excludes halogenated alkanes) is 1. The van der Waals surface area contributed by atoms with E-state index in [9.17, 15) is 0 Å². The van der Waals surface area contributed by atoms with Gasteiger partial charge in [0.05, 0.1) is 0 Å². The SMILES string of the molecule is CCCCC(CCc1ccccc1)NCCCc1ccccc1. The smallest absolute Gasteiger partial charge is 0.00702 e. The van der Waals surface area contributed by atoms with Crippen LogP contribution >= 0.6 is 0 Å². The Bertz CT molecular complexity index is 506. The molecule has 1 unspecified atom stereocenters. The van der Waals surface area contributed by atoms with E-state index in [1.165, 1.54) is 56.1 Å². The van der Waals surface area contributed by atoms with Gasteiger partial charge in [-0.3, -0.25) is 0 Å². The maximum Gasteiger partial charge on any atom is 0.00702 e. The lowest BCUT2D eigenvalue weighted by Gasteiger charge is -2.18. The Labute approximate surface area is 142 Å². The van der Waals surface area contributed by atoms with E-state index in [0.717, 1.165) is 6.54 Å². The third-order valence-electron chi connectivity index (χ3n) is 4.45. The molecule has 1 N–H and O–H groups in total. The molecule has 0 saturated heterocycles. The van der Waals surface area contributed by atoms with E-state index in [-0.39, 0.29) is 0 Å². The zero-order chi connectivity index (χ0) is 16.2. The van der Waals surface area contributed by atoms with Crippen LogP contribution in [0.3, 0.4) is 0 Å². The van der Waals surface area contributed by atoms with Crippen LogP contribution in [-0.2, 0) is 12.8 Å². The summed E-state index contributed by atoms with van der Waals surface area (Å²) in [6.45, 7) is 3.40. The molecule has 1 nitrogen and oxygen atoms in total. The highest BCUT2D eigenvalue weighted by Gasteiger charge is 2.07. The predicted octanol–water partition coefficient (Wildman–Crippen LogP) is 5.40. The first kappa shape index (κ1) is 17.7. The van der Waals surface area contributed by atoms with Gasteiger partial charge in [-0.25, -0.2) is 0 Å². The number of benzene rings is 2. The molecule has 0 fully saturated rings. The molecule has 0 radical (unpaired) electrons. The Morgan fingerprint density at radius 2 is 1.35 bits per heavy atom. The van der Waals surface area contributed by atoms with E-state index in [1.807, 2.05) is 0 Å².